The molecule has 0 bridgehead atoms. The molecule has 0 atom stereocenters. The molecule has 0 aliphatic carbocycles. The van der Waals surface area contributed by atoms with Crippen LogP contribution in [0, 0.1) is 0 Å². The van der Waals surface area contributed by atoms with Crippen LogP contribution in [-0.4, -0.2) is 0 Å². The molecule has 258 valence electrons. The predicted molar refractivity (Wildman–Crippen MR) is 235 cm³/mol. The van der Waals surface area contributed by atoms with Gasteiger partial charge in [0.1, 0.15) is 11.2 Å². The van der Waals surface area contributed by atoms with Crippen molar-refractivity contribution in [2.75, 3.05) is 4.90 Å². The monoisotopic (exact) mass is 719 g/mol. The lowest BCUT2D eigenvalue weighted by Crippen LogP contribution is -2.12. The number of thiophene rings is 1. The molecule has 2 heterocycles. The average molecular weight is 720 g/mol. The summed E-state index contributed by atoms with van der Waals surface area (Å²) in [6, 6.07) is 72.3. The molecule has 0 radical (unpaired) electrons. The molecule has 0 amide bonds. The van der Waals surface area contributed by atoms with E-state index in [0.717, 1.165) is 55.7 Å². The molecule has 0 aliphatic rings. The van der Waals surface area contributed by atoms with Crippen LogP contribution in [0.2, 0.25) is 0 Å². The number of furan rings is 1. The van der Waals surface area contributed by atoms with E-state index in [1.807, 2.05) is 11.3 Å². The molecule has 11 aromatic rings. The Morgan fingerprint density at radius 3 is 1.87 bits per heavy atom. The quantitative estimate of drug-likeness (QED) is 0.170. The van der Waals surface area contributed by atoms with Crippen molar-refractivity contribution in [1.82, 2.24) is 0 Å². The van der Waals surface area contributed by atoms with Crippen molar-refractivity contribution in [1.29, 1.82) is 0 Å². The first-order chi connectivity index (χ1) is 27.3. The second-order valence-corrected chi connectivity index (χ2v) is 15.2. The van der Waals surface area contributed by atoms with Gasteiger partial charge in [0, 0.05) is 47.8 Å². The van der Waals surface area contributed by atoms with E-state index in [2.05, 4.69) is 205 Å². The molecule has 0 saturated carbocycles. The SMILES string of the molecule is c1ccc(-c2ccccc2N(c2cccc(-c3ccc4sc5ccccc5c4c3)c2)c2ccccc2-c2cccc3oc4cc5ccccc5cc4c23)cc1. The van der Waals surface area contributed by atoms with Crippen molar-refractivity contribution in [3.05, 3.63) is 200 Å². The fraction of sp³-hybridized carbons (Fsp3) is 0. The van der Waals surface area contributed by atoms with Crippen molar-refractivity contribution < 1.29 is 4.42 Å². The Labute approximate surface area is 322 Å². The molecule has 9 aromatic carbocycles. The summed E-state index contributed by atoms with van der Waals surface area (Å²) in [5.74, 6) is 0. The summed E-state index contributed by atoms with van der Waals surface area (Å²) < 4.78 is 9.20. The van der Waals surface area contributed by atoms with Crippen molar-refractivity contribution in [2.24, 2.45) is 0 Å². The van der Waals surface area contributed by atoms with Gasteiger partial charge in [0.05, 0.1) is 11.4 Å². The van der Waals surface area contributed by atoms with E-state index in [1.165, 1.54) is 47.6 Å². The molecule has 2 nitrogen and oxygen atoms in total. The van der Waals surface area contributed by atoms with Crippen LogP contribution in [0.25, 0.3) is 86.3 Å². The Morgan fingerprint density at radius 1 is 0.364 bits per heavy atom. The normalized spacial score (nSPS) is 11.6. The van der Waals surface area contributed by atoms with Gasteiger partial charge in [-0.2, -0.15) is 0 Å². The zero-order valence-corrected chi connectivity index (χ0v) is 30.6. The molecular weight excluding hydrogens is 687 g/mol. The van der Waals surface area contributed by atoms with E-state index in [1.54, 1.807) is 0 Å². The Kier molecular flexibility index (Phi) is 7.39. The van der Waals surface area contributed by atoms with Crippen LogP contribution in [0.15, 0.2) is 205 Å². The fourth-order valence-corrected chi connectivity index (χ4v) is 9.39. The summed E-state index contributed by atoms with van der Waals surface area (Å²) in [4.78, 5) is 2.44. The van der Waals surface area contributed by atoms with Crippen LogP contribution in [0.3, 0.4) is 0 Å². The van der Waals surface area contributed by atoms with Gasteiger partial charge >= 0.3 is 0 Å². The number of hydrogen-bond acceptors (Lipinski definition) is 3. The summed E-state index contributed by atoms with van der Waals surface area (Å²) in [6.45, 7) is 0. The van der Waals surface area contributed by atoms with Crippen molar-refractivity contribution in [3.63, 3.8) is 0 Å². The molecular formula is C52H33NOS. The van der Waals surface area contributed by atoms with E-state index >= 15 is 0 Å². The van der Waals surface area contributed by atoms with Gasteiger partial charge in [0.25, 0.3) is 0 Å². The highest BCUT2D eigenvalue weighted by molar-refractivity contribution is 7.25. The Morgan fingerprint density at radius 2 is 1.00 bits per heavy atom. The standard InChI is InChI=1S/C52H33NOS/c1-2-14-34(15-3-1)40-20-6-9-24-46(40)53(39-19-12-18-35(30-39)38-28-29-51-44(31-38)42-22-8-11-27-50(42)55-51)47-25-10-7-21-41(47)43-23-13-26-48-52(43)45-32-36-16-4-5-17-37(36)33-49(45)54-48/h1-33H. The highest BCUT2D eigenvalue weighted by Crippen LogP contribution is 2.48. The maximum Gasteiger partial charge on any atom is 0.136 e. The minimum absolute atomic E-state index is 0.882. The van der Waals surface area contributed by atoms with Crippen LogP contribution in [-0.2, 0) is 0 Å². The number of anilines is 3. The van der Waals surface area contributed by atoms with Crippen molar-refractivity contribution in [3.8, 4) is 33.4 Å². The zero-order valence-electron chi connectivity index (χ0n) is 29.8. The third-order valence-electron chi connectivity index (χ3n) is 10.8. The minimum atomic E-state index is 0.882. The summed E-state index contributed by atoms with van der Waals surface area (Å²) in [6.07, 6.45) is 0. The van der Waals surface area contributed by atoms with Gasteiger partial charge in [-0.05, 0) is 93.7 Å². The van der Waals surface area contributed by atoms with Gasteiger partial charge in [-0.3, -0.25) is 0 Å². The number of rotatable bonds is 6. The second-order valence-electron chi connectivity index (χ2n) is 14.1. The van der Waals surface area contributed by atoms with Crippen molar-refractivity contribution in [2.45, 2.75) is 0 Å². The highest BCUT2D eigenvalue weighted by Gasteiger charge is 2.23. The number of hydrogen-bond donors (Lipinski definition) is 0. The first-order valence-corrected chi connectivity index (χ1v) is 19.5. The molecule has 11 rings (SSSR count). The Balaban J connectivity index is 1.15. The van der Waals surface area contributed by atoms with Crippen LogP contribution in [0.1, 0.15) is 0 Å². The van der Waals surface area contributed by atoms with Gasteiger partial charge in [-0.1, -0.05) is 140 Å². The highest BCUT2D eigenvalue weighted by atomic mass is 32.1. The van der Waals surface area contributed by atoms with Gasteiger partial charge in [0.15, 0.2) is 0 Å². The number of nitrogens with zero attached hydrogens (tertiary/aromatic N) is 1. The minimum Gasteiger partial charge on any atom is -0.456 e. The molecule has 0 fully saturated rings. The van der Waals surface area contributed by atoms with E-state index in [9.17, 15) is 0 Å². The topological polar surface area (TPSA) is 16.4 Å². The van der Waals surface area contributed by atoms with E-state index in [0.29, 0.717) is 0 Å². The summed E-state index contributed by atoms with van der Waals surface area (Å²) >= 11 is 1.85. The van der Waals surface area contributed by atoms with E-state index in [-0.39, 0.29) is 0 Å². The maximum atomic E-state index is 6.57. The Hall–Kier alpha value is -6.94. The lowest BCUT2D eigenvalue weighted by atomic mass is 9.95. The van der Waals surface area contributed by atoms with E-state index < -0.39 is 0 Å². The lowest BCUT2D eigenvalue weighted by Gasteiger charge is -2.30. The fourth-order valence-electron chi connectivity index (χ4n) is 8.30. The molecule has 0 N–H and O–H groups in total. The summed E-state index contributed by atoms with van der Waals surface area (Å²) in [5.41, 5.74) is 12.0. The number of benzene rings is 9. The summed E-state index contributed by atoms with van der Waals surface area (Å²) in [5, 5.41) is 7.22. The van der Waals surface area contributed by atoms with Gasteiger partial charge < -0.3 is 9.32 Å². The van der Waals surface area contributed by atoms with Gasteiger partial charge in [0.2, 0.25) is 0 Å². The summed E-state index contributed by atoms with van der Waals surface area (Å²) in [7, 11) is 0. The predicted octanol–water partition coefficient (Wildman–Crippen LogP) is 15.6. The van der Waals surface area contributed by atoms with Gasteiger partial charge in [-0.25, -0.2) is 0 Å². The Bertz CT molecular complexity index is 3230. The molecule has 2 aromatic heterocycles. The van der Waals surface area contributed by atoms with Crippen LogP contribution >= 0.6 is 11.3 Å². The maximum absolute atomic E-state index is 6.57. The zero-order chi connectivity index (χ0) is 36.3. The van der Waals surface area contributed by atoms with E-state index in [4.69, 9.17) is 4.42 Å². The molecule has 0 aliphatic heterocycles. The van der Waals surface area contributed by atoms with Crippen LogP contribution in [0.5, 0.6) is 0 Å². The third kappa shape index (κ3) is 5.32. The molecule has 55 heavy (non-hydrogen) atoms. The first kappa shape index (κ1) is 31.6. The van der Waals surface area contributed by atoms with Crippen LogP contribution < -0.4 is 4.90 Å². The first-order valence-electron chi connectivity index (χ1n) is 18.7. The van der Waals surface area contributed by atoms with Crippen molar-refractivity contribution >= 4 is 81.3 Å². The molecule has 3 heteroatoms. The smallest absolute Gasteiger partial charge is 0.136 e. The second kappa shape index (κ2) is 12.9. The number of fused-ring (bicyclic) bond motifs is 7. The number of para-hydroxylation sites is 2. The largest absolute Gasteiger partial charge is 0.456 e. The van der Waals surface area contributed by atoms with Crippen LogP contribution in [0.4, 0.5) is 17.1 Å². The molecule has 0 spiro atoms. The lowest BCUT2D eigenvalue weighted by molar-refractivity contribution is 0.669. The van der Waals surface area contributed by atoms with Gasteiger partial charge in [-0.15, -0.1) is 11.3 Å². The average Bonchev–Trinajstić information content (AvgIpc) is 3.81. The molecule has 0 unspecified atom stereocenters. The molecule has 0 saturated heterocycles. The third-order valence-corrected chi connectivity index (χ3v) is 12.0.